The predicted octanol–water partition coefficient (Wildman–Crippen LogP) is 4.42. The van der Waals surface area contributed by atoms with E-state index < -0.39 is 6.04 Å². The second kappa shape index (κ2) is 7.53. The standard InChI is InChI=1S/C24H20N2O2/c1-16-12-14-17(15-13-16)21-20(23(27)18-8-4-2-5-9-18)22(24(28)26-21)25-19-10-6-3-7-11-19/h2-15,21,25H,1H3,(H,26,28)/t21-/m0/s1. The first-order valence-electron chi connectivity index (χ1n) is 9.17. The summed E-state index contributed by atoms with van der Waals surface area (Å²) >= 11 is 0. The molecule has 0 bridgehead atoms. The number of Topliss-reactive ketones (excluding diaryl/α,β-unsaturated/α-hetero) is 1. The van der Waals surface area contributed by atoms with Gasteiger partial charge in [0.2, 0.25) is 0 Å². The number of hydrogen-bond donors (Lipinski definition) is 2. The van der Waals surface area contributed by atoms with Crippen LogP contribution in [-0.4, -0.2) is 11.7 Å². The molecule has 4 heteroatoms. The highest BCUT2D eigenvalue weighted by Crippen LogP contribution is 2.33. The Hall–Kier alpha value is -3.66. The van der Waals surface area contributed by atoms with Gasteiger partial charge in [0.15, 0.2) is 5.78 Å². The molecule has 0 radical (unpaired) electrons. The second-order valence-electron chi connectivity index (χ2n) is 6.79. The fourth-order valence-corrected chi connectivity index (χ4v) is 3.33. The number of carbonyl (C=O) groups excluding carboxylic acids is 2. The first-order valence-corrected chi connectivity index (χ1v) is 9.17. The molecule has 1 amide bonds. The molecule has 0 saturated heterocycles. The van der Waals surface area contributed by atoms with Gasteiger partial charge in [-0.25, -0.2) is 0 Å². The largest absolute Gasteiger partial charge is 0.351 e. The molecule has 138 valence electrons. The van der Waals surface area contributed by atoms with Gasteiger partial charge in [-0.15, -0.1) is 0 Å². The summed E-state index contributed by atoms with van der Waals surface area (Å²) in [5, 5.41) is 6.11. The molecule has 2 N–H and O–H groups in total. The van der Waals surface area contributed by atoms with Crippen LogP contribution in [0.3, 0.4) is 0 Å². The highest BCUT2D eigenvalue weighted by molar-refractivity contribution is 6.17. The lowest BCUT2D eigenvalue weighted by Crippen LogP contribution is -2.24. The number of anilines is 1. The first-order chi connectivity index (χ1) is 13.6. The minimum atomic E-state index is -0.494. The van der Waals surface area contributed by atoms with Crippen molar-refractivity contribution in [2.45, 2.75) is 13.0 Å². The van der Waals surface area contributed by atoms with E-state index in [1.165, 1.54) is 0 Å². The zero-order valence-corrected chi connectivity index (χ0v) is 15.5. The number of ketones is 1. The molecule has 4 nitrogen and oxygen atoms in total. The highest BCUT2D eigenvalue weighted by atomic mass is 16.2. The van der Waals surface area contributed by atoms with Crippen molar-refractivity contribution >= 4 is 17.4 Å². The number of amides is 1. The van der Waals surface area contributed by atoms with Crippen molar-refractivity contribution < 1.29 is 9.59 Å². The zero-order chi connectivity index (χ0) is 19.5. The number of benzene rings is 3. The Balaban J connectivity index is 1.82. The van der Waals surface area contributed by atoms with Gasteiger partial charge < -0.3 is 10.6 Å². The lowest BCUT2D eigenvalue weighted by Gasteiger charge is -2.15. The maximum atomic E-state index is 13.4. The van der Waals surface area contributed by atoms with E-state index in [1.54, 1.807) is 12.1 Å². The van der Waals surface area contributed by atoms with Gasteiger partial charge in [-0.05, 0) is 24.6 Å². The van der Waals surface area contributed by atoms with Gasteiger partial charge in [0.25, 0.3) is 5.91 Å². The monoisotopic (exact) mass is 368 g/mol. The van der Waals surface area contributed by atoms with Gasteiger partial charge in [-0.2, -0.15) is 0 Å². The van der Waals surface area contributed by atoms with Crippen molar-refractivity contribution in [2.24, 2.45) is 0 Å². The second-order valence-corrected chi connectivity index (χ2v) is 6.79. The van der Waals surface area contributed by atoms with E-state index in [0.29, 0.717) is 16.8 Å². The zero-order valence-electron chi connectivity index (χ0n) is 15.5. The summed E-state index contributed by atoms with van der Waals surface area (Å²) in [7, 11) is 0. The third-order valence-electron chi connectivity index (χ3n) is 4.79. The number of carbonyl (C=O) groups is 2. The molecule has 0 saturated carbocycles. The fourth-order valence-electron chi connectivity index (χ4n) is 3.33. The molecule has 3 aromatic rings. The van der Waals surface area contributed by atoms with Crippen molar-refractivity contribution in [3.8, 4) is 0 Å². The average Bonchev–Trinajstić information content (AvgIpc) is 3.05. The van der Waals surface area contributed by atoms with Gasteiger partial charge in [0, 0.05) is 11.3 Å². The Morgan fingerprint density at radius 3 is 2.11 bits per heavy atom. The highest BCUT2D eigenvalue weighted by Gasteiger charge is 2.37. The van der Waals surface area contributed by atoms with E-state index in [2.05, 4.69) is 10.6 Å². The van der Waals surface area contributed by atoms with Crippen LogP contribution < -0.4 is 10.6 Å². The molecule has 1 atom stereocenters. The summed E-state index contributed by atoms with van der Waals surface area (Å²) in [5.41, 5.74) is 4.04. The van der Waals surface area contributed by atoms with Crippen LogP contribution in [0.15, 0.2) is 96.2 Å². The summed E-state index contributed by atoms with van der Waals surface area (Å²) in [5.74, 6) is -0.448. The van der Waals surface area contributed by atoms with E-state index in [9.17, 15) is 9.59 Å². The normalized spacial score (nSPS) is 16.0. The van der Waals surface area contributed by atoms with Crippen LogP contribution in [0.2, 0.25) is 0 Å². The van der Waals surface area contributed by atoms with E-state index in [1.807, 2.05) is 79.7 Å². The molecule has 0 spiro atoms. The molecular formula is C24H20N2O2. The first kappa shape index (κ1) is 17.7. The summed E-state index contributed by atoms with van der Waals surface area (Å²) < 4.78 is 0. The number of para-hydroxylation sites is 1. The topological polar surface area (TPSA) is 58.2 Å². The van der Waals surface area contributed by atoms with E-state index >= 15 is 0 Å². The lowest BCUT2D eigenvalue weighted by molar-refractivity contribution is -0.117. The Kier molecular flexibility index (Phi) is 4.77. The Labute approximate surface area is 163 Å². The van der Waals surface area contributed by atoms with Crippen molar-refractivity contribution in [2.75, 3.05) is 5.32 Å². The molecule has 0 fully saturated rings. The van der Waals surface area contributed by atoms with Crippen LogP contribution in [0.25, 0.3) is 0 Å². The van der Waals surface area contributed by atoms with Crippen molar-refractivity contribution in [3.63, 3.8) is 0 Å². The molecule has 1 aliphatic heterocycles. The van der Waals surface area contributed by atoms with Crippen LogP contribution in [0.4, 0.5) is 5.69 Å². The minimum Gasteiger partial charge on any atom is -0.351 e. The Bertz CT molecular complexity index is 1040. The van der Waals surface area contributed by atoms with Gasteiger partial charge >= 0.3 is 0 Å². The quantitative estimate of drug-likeness (QED) is 0.656. The third-order valence-corrected chi connectivity index (χ3v) is 4.79. The van der Waals surface area contributed by atoms with E-state index in [0.717, 1.165) is 16.8 Å². The van der Waals surface area contributed by atoms with Crippen LogP contribution in [0.5, 0.6) is 0 Å². The molecule has 1 aliphatic rings. The molecule has 1 heterocycles. The maximum Gasteiger partial charge on any atom is 0.268 e. The Morgan fingerprint density at radius 2 is 1.46 bits per heavy atom. The van der Waals surface area contributed by atoms with Crippen LogP contribution in [0, 0.1) is 6.92 Å². The predicted molar refractivity (Wildman–Crippen MR) is 110 cm³/mol. The molecular weight excluding hydrogens is 348 g/mol. The minimum absolute atomic E-state index is 0.164. The smallest absolute Gasteiger partial charge is 0.268 e. The molecule has 4 rings (SSSR count). The summed E-state index contributed by atoms with van der Waals surface area (Å²) in [6.07, 6.45) is 0. The molecule has 0 aliphatic carbocycles. The SMILES string of the molecule is Cc1ccc([C@@H]2NC(=O)C(Nc3ccccc3)=C2C(=O)c2ccccc2)cc1. The van der Waals surface area contributed by atoms with Crippen molar-refractivity contribution in [1.82, 2.24) is 5.32 Å². The molecule has 0 unspecified atom stereocenters. The van der Waals surface area contributed by atoms with E-state index in [4.69, 9.17) is 0 Å². The number of hydrogen-bond acceptors (Lipinski definition) is 3. The van der Waals surface area contributed by atoms with Crippen molar-refractivity contribution in [3.05, 3.63) is 113 Å². The summed E-state index contributed by atoms with van der Waals surface area (Å²) in [4.78, 5) is 26.1. The number of rotatable bonds is 5. The van der Waals surface area contributed by atoms with Crippen molar-refractivity contribution in [1.29, 1.82) is 0 Å². The van der Waals surface area contributed by atoms with E-state index in [-0.39, 0.29) is 11.7 Å². The molecule has 28 heavy (non-hydrogen) atoms. The maximum absolute atomic E-state index is 13.4. The van der Waals surface area contributed by atoms with Gasteiger partial charge in [-0.1, -0.05) is 78.4 Å². The summed E-state index contributed by atoms with van der Waals surface area (Å²) in [6, 6.07) is 25.8. The van der Waals surface area contributed by atoms with Gasteiger partial charge in [-0.3, -0.25) is 9.59 Å². The number of aryl methyl sites for hydroxylation is 1. The van der Waals surface area contributed by atoms with Crippen LogP contribution >= 0.6 is 0 Å². The molecule has 0 aromatic heterocycles. The molecule has 3 aromatic carbocycles. The van der Waals surface area contributed by atoms with Crippen LogP contribution in [-0.2, 0) is 4.79 Å². The fraction of sp³-hybridized carbons (Fsp3) is 0.0833. The number of nitrogens with one attached hydrogen (secondary N) is 2. The summed E-state index contributed by atoms with van der Waals surface area (Å²) in [6.45, 7) is 2.01. The van der Waals surface area contributed by atoms with Gasteiger partial charge in [0.05, 0.1) is 11.6 Å². The Morgan fingerprint density at radius 1 is 0.857 bits per heavy atom. The average molecular weight is 368 g/mol. The van der Waals surface area contributed by atoms with Gasteiger partial charge in [0.1, 0.15) is 5.70 Å². The lowest BCUT2D eigenvalue weighted by atomic mass is 9.92. The third kappa shape index (κ3) is 3.45. The van der Waals surface area contributed by atoms with Crippen LogP contribution in [0.1, 0.15) is 27.5 Å².